The minimum atomic E-state index is -1.92. The third-order valence-electron chi connectivity index (χ3n) is 24.0. The minimum Gasteiger partial charge on any atom is -0.508 e. The number of thioether (sulfide) groups is 1. The summed E-state index contributed by atoms with van der Waals surface area (Å²) in [6.07, 6.45) is -2.72. The Bertz CT molecular complexity index is 5040. The van der Waals surface area contributed by atoms with E-state index in [2.05, 4.69) is 57.8 Å². The average Bonchev–Trinajstić information content (AvgIpc) is 1.72. The number of hydrogen-bond acceptors (Lipinski definition) is 23. The molecule has 15 amide bonds. The van der Waals surface area contributed by atoms with E-state index in [1.165, 1.54) is 52.3 Å². The molecule has 43 heteroatoms. The zero-order valence-electron chi connectivity index (χ0n) is 75.8. The Balaban J connectivity index is 1.20. The van der Waals surface area contributed by atoms with Crippen LogP contribution in [-0.4, -0.2) is 316 Å². The van der Waals surface area contributed by atoms with Crippen LogP contribution in [0.2, 0.25) is 0 Å². The first kappa shape index (κ1) is 105. The van der Waals surface area contributed by atoms with Gasteiger partial charge in [0.25, 0.3) is 0 Å². The Labute approximate surface area is 772 Å². The highest BCUT2D eigenvalue weighted by molar-refractivity contribution is 8.00. The van der Waals surface area contributed by atoms with Crippen LogP contribution in [0.4, 0.5) is 0 Å². The zero-order chi connectivity index (χ0) is 97.8. The molecule has 0 bridgehead atoms. The molecule has 20 N–H and O–H groups in total. The number of phenolic OH excluding ortho intramolecular Hbond substituents is 1. The van der Waals surface area contributed by atoms with E-state index >= 15 is 33.6 Å². The van der Waals surface area contributed by atoms with Crippen LogP contribution in [0.15, 0.2) is 85.2 Å². The number of ketones is 1. The highest BCUT2D eigenvalue weighted by Gasteiger charge is 2.47. The molecule has 3 aliphatic rings. The summed E-state index contributed by atoms with van der Waals surface area (Å²) < 4.78 is 0. The van der Waals surface area contributed by atoms with E-state index < -0.39 is 273 Å². The van der Waals surface area contributed by atoms with E-state index in [1.54, 1.807) is 81.7 Å². The highest BCUT2D eigenvalue weighted by atomic mass is 32.2. The number of unbranched alkanes of at least 4 members (excludes halogenated alkanes) is 2. The Morgan fingerprint density at radius 2 is 1.06 bits per heavy atom. The van der Waals surface area contributed by atoms with E-state index in [0.717, 1.165) is 24.5 Å². The summed E-state index contributed by atoms with van der Waals surface area (Å²) in [5.41, 5.74) is 14.1. The molecular formula is C90H124N18O24S. The van der Waals surface area contributed by atoms with Crippen LogP contribution in [0, 0.1) is 11.8 Å². The fraction of sp³-hybridized carbons (Fsp3) is 0.544. The number of aliphatic hydroxyl groups is 1. The molecule has 3 saturated heterocycles. The first-order chi connectivity index (χ1) is 63.1. The van der Waals surface area contributed by atoms with Gasteiger partial charge in [-0.3, -0.25) is 91.1 Å². The Morgan fingerprint density at radius 3 is 1.64 bits per heavy atom. The van der Waals surface area contributed by atoms with Gasteiger partial charge in [-0.15, -0.1) is 11.8 Å². The van der Waals surface area contributed by atoms with Crippen LogP contribution in [0.3, 0.4) is 0 Å². The minimum absolute atomic E-state index is 0.0619. The number of aliphatic carboxylic acids is 3. The van der Waals surface area contributed by atoms with Crippen molar-refractivity contribution in [2.75, 3.05) is 58.8 Å². The first-order valence-corrected chi connectivity index (χ1v) is 45.7. The number of carboxylic acid groups (broad SMARTS) is 3. The van der Waals surface area contributed by atoms with Gasteiger partial charge < -0.3 is 119 Å². The number of aromatic nitrogens is 2. The van der Waals surface area contributed by atoms with Crippen LogP contribution in [0.1, 0.15) is 154 Å². The number of para-hydroxylation sites is 2. The van der Waals surface area contributed by atoms with Crippen LogP contribution in [-0.2, 0) is 110 Å². The summed E-state index contributed by atoms with van der Waals surface area (Å²) in [7, 11) is 3.74. The number of amides is 15. The second-order valence-electron chi connectivity index (χ2n) is 34.4. The topological polar surface area (TPSA) is 634 Å². The van der Waals surface area contributed by atoms with Crippen molar-refractivity contribution in [3.63, 3.8) is 0 Å². The van der Waals surface area contributed by atoms with Crippen molar-refractivity contribution in [2.45, 2.75) is 241 Å². The molecule has 5 heterocycles. The number of nitrogens with two attached hydrogens (primary N) is 2. The Kier molecular flexibility index (Phi) is 39.6. The molecule has 2 aromatic heterocycles. The molecule has 8 rings (SSSR count). The number of hydrogen-bond donors (Lipinski definition) is 18. The average molecular weight is 1870 g/mol. The number of fused-ring (bicyclic) bond motifs is 4. The van der Waals surface area contributed by atoms with Gasteiger partial charge in [-0.25, -0.2) is 0 Å². The molecule has 42 nitrogen and oxygen atoms in total. The molecule has 0 radical (unpaired) electrons. The Hall–Kier alpha value is -13.1. The zero-order valence-corrected chi connectivity index (χ0v) is 76.6. The lowest BCUT2D eigenvalue weighted by atomic mass is 9.89. The number of likely N-dealkylation sites (N-methyl/N-ethyl adjacent to an activating group) is 3. The van der Waals surface area contributed by atoms with Gasteiger partial charge in [-0.1, -0.05) is 102 Å². The summed E-state index contributed by atoms with van der Waals surface area (Å²) >= 11 is 0.690. The van der Waals surface area contributed by atoms with Crippen molar-refractivity contribution in [2.24, 2.45) is 23.3 Å². The lowest BCUT2D eigenvalue weighted by Gasteiger charge is -2.36. The van der Waals surface area contributed by atoms with Crippen molar-refractivity contribution in [1.82, 2.24) is 82.3 Å². The van der Waals surface area contributed by atoms with E-state index in [1.807, 2.05) is 6.92 Å². The summed E-state index contributed by atoms with van der Waals surface area (Å²) in [6, 6.07) is -1.65. The maximum absolute atomic E-state index is 15.8. The second-order valence-corrected chi connectivity index (χ2v) is 35.4. The number of carbonyl (C=O) groups is 19. The van der Waals surface area contributed by atoms with Gasteiger partial charge >= 0.3 is 17.9 Å². The van der Waals surface area contributed by atoms with Gasteiger partial charge in [0, 0.05) is 125 Å². The number of carboxylic acids is 3. The van der Waals surface area contributed by atoms with Crippen LogP contribution < -0.4 is 59.3 Å². The predicted molar refractivity (Wildman–Crippen MR) is 484 cm³/mol. The third-order valence-corrected chi connectivity index (χ3v) is 25.0. The number of aliphatic hydroxyl groups excluding tert-OH is 1. The molecule has 15 atom stereocenters. The Morgan fingerprint density at radius 1 is 0.541 bits per heavy atom. The number of aromatic hydroxyl groups is 1. The van der Waals surface area contributed by atoms with Crippen LogP contribution >= 0.6 is 11.8 Å². The summed E-state index contributed by atoms with van der Waals surface area (Å²) in [5.74, 6) is -23.3. The van der Waals surface area contributed by atoms with Crippen molar-refractivity contribution < 1.29 is 117 Å². The normalized spacial score (nSPS) is 25.0. The number of primary amides is 1. The van der Waals surface area contributed by atoms with Gasteiger partial charge in [0.15, 0.2) is 5.78 Å². The summed E-state index contributed by atoms with van der Waals surface area (Å²) in [4.78, 5) is 285. The van der Waals surface area contributed by atoms with Crippen molar-refractivity contribution in [3.8, 4) is 5.75 Å². The number of Topliss-reactive ketones (excluding diaryl/α,β-unsaturated/α-hetero) is 1. The quantitative estimate of drug-likeness (QED) is 0.0323. The molecule has 0 aliphatic carbocycles. The maximum atomic E-state index is 15.8. The first-order valence-electron chi connectivity index (χ1n) is 44.5. The lowest BCUT2D eigenvalue weighted by molar-refractivity contribution is -0.149. The largest absolute Gasteiger partial charge is 0.508 e. The van der Waals surface area contributed by atoms with Crippen molar-refractivity contribution in [1.29, 1.82) is 0 Å². The fourth-order valence-electron chi connectivity index (χ4n) is 16.5. The molecule has 5 aromatic rings. The number of carbonyl (C=O) groups excluding carboxylic acids is 16. The van der Waals surface area contributed by atoms with Gasteiger partial charge in [-0.2, -0.15) is 0 Å². The van der Waals surface area contributed by atoms with Gasteiger partial charge in [-0.05, 0) is 105 Å². The third kappa shape index (κ3) is 29.7. The highest BCUT2D eigenvalue weighted by Crippen LogP contribution is 2.30. The van der Waals surface area contributed by atoms with Crippen molar-refractivity contribution >= 4 is 146 Å². The van der Waals surface area contributed by atoms with Crippen molar-refractivity contribution in [3.05, 3.63) is 102 Å². The molecule has 0 spiro atoms. The lowest BCUT2D eigenvalue weighted by Crippen LogP contribution is -2.61. The number of rotatable bonds is 26. The molecule has 133 heavy (non-hydrogen) atoms. The number of aromatic amines is 2. The SMILES string of the molecule is CCCC[C@H]1C(=O)N(C)[C@@H](CCCC)C(=O)N[C@@H](CCC(=O)O)C(=O)N[C@H](C(=O)NCC(N)=O)CSCC(=O)N[C@@H](Cc2ccc(O)cc2)C(=O)N(C)[C@@H](C)C(=O)N[C@@H](CC(=O)O)C(=O)N2CCC[C@H]2C(=O)N[C@@H](CN)C(=O)N[C@@H](CC(C)C)C(=O)N2C[C@H](O)C[C@H]2C(=O)C[C@@H](Cc2c[nH]c3ccccc23)C(=O)N[C@@H](CCC(=O)O)C(=O)N[C@@H](Cc2c[nH]c3ccccc23)C(=O)N1C. The molecule has 3 aromatic carbocycles. The summed E-state index contributed by atoms with van der Waals surface area (Å²) in [5, 5.41) is 76.2. The number of nitrogens with zero attached hydrogens (tertiary/aromatic N) is 5. The van der Waals surface area contributed by atoms with E-state index in [9.17, 15) is 83.1 Å². The van der Waals surface area contributed by atoms with E-state index in [4.69, 9.17) is 11.5 Å². The maximum Gasteiger partial charge on any atom is 0.305 e. The molecular weight excluding hydrogens is 1750 g/mol. The molecule has 0 unspecified atom stereocenters. The molecule has 0 saturated carbocycles. The van der Waals surface area contributed by atoms with Gasteiger partial charge in [0.1, 0.15) is 78.3 Å². The monoisotopic (exact) mass is 1870 g/mol. The smallest absolute Gasteiger partial charge is 0.305 e. The van der Waals surface area contributed by atoms with E-state index in [0.29, 0.717) is 63.1 Å². The van der Waals surface area contributed by atoms with Crippen LogP contribution in [0.25, 0.3) is 21.8 Å². The number of nitrogens with one attached hydrogen (secondary N) is 11. The van der Waals surface area contributed by atoms with Gasteiger partial charge in [0.05, 0.1) is 30.9 Å². The van der Waals surface area contributed by atoms with Crippen LogP contribution in [0.5, 0.6) is 5.75 Å². The number of benzene rings is 3. The molecule has 3 aliphatic heterocycles. The molecule has 3 fully saturated rings. The predicted octanol–water partition coefficient (Wildman–Crippen LogP) is -0.772. The molecule has 724 valence electrons. The van der Waals surface area contributed by atoms with E-state index in [-0.39, 0.29) is 88.8 Å². The standard InChI is InChI=1S/C90H124N18O24S/c1-9-11-22-68-84(126)98-61(30-32-76(116)117)82(124)103-67(80(122)95-44-73(92)112)46-133-47-74(113)96-63(35-50-25-27-54(109)28-26-50)86(128)104(6)49(5)78(120)99-65(40-77(118)119)88(130)107-33-17-24-69(107)85(127)102-66(41-91)83(125)100-62(34-48(3)4)89(131)108-45-55(110)39-71(108)72(111)38-51(36-52-42-93-58-20-15-13-18-56(52)58)79(121)97-60(29-31-75(114)115)81(123)101-64(37-53-43-94-59-21-16-14-19-57(53)59)87(129)106(8)70(23-12-10-2)90(132)105(68)7/h13-16,18-21,25-28,42-43,48-49,51,55,60-71,93-94,109-110H,9-12,17,22-24,29-41,44-47,91H2,1-8H3,(H2,92,112)(H,95,122)(H,96,113)(H,97,121)(H,98,126)(H,99,120)(H,100,125)(H,101,123)(H,102,127)(H,103,124)(H,114,115)(H,116,117)(H,118,119)/t49-,51+,55+,60-,61-,62-,63-,64-,65-,66-,67-,68-,69-,70-,71-/m0/s1. The number of phenols is 1. The number of H-pyrrole nitrogens is 2. The summed E-state index contributed by atoms with van der Waals surface area (Å²) in [6.45, 7) is 6.23. The van der Waals surface area contributed by atoms with Gasteiger partial charge in [0.2, 0.25) is 88.6 Å². The second kappa shape index (κ2) is 50.0. The fourth-order valence-corrected chi connectivity index (χ4v) is 17.4.